The van der Waals surface area contributed by atoms with Crippen LogP contribution in [0.5, 0.6) is 0 Å². The van der Waals surface area contributed by atoms with E-state index in [1.54, 1.807) is 0 Å². The maximum Gasteiger partial charge on any atom is 0.306 e. The van der Waals surface area contributed by atoms with E-state index in [9.17, 15) is 14.4 Å². The summed E-state index contributed by atoms with van der Waals surface area (Å²) >= 11 is 0. The van der Waals surface area contributed by atoms with Gasteiger partial charge in [-0.1, -0.05) is 233 Å². The average Bonchev–Trinajstić information content (AvgIpc) is 3.34. The van der Waals surface area contributed by atoms with Crippen molar-refractivity contribution in [3.63, 3.8) is 0 Å². The summed E-state index contributed by atoms with van der Waals surface area (Å²) in [4.78, 5) is 38.0. The Morgan fingerprint density at radius 1 is 0.294 bits per heavy atom. The Hall–Kier alpha value is -3.93. The Bertz CT molecular complexity index is 1410. The third-order valence-corrected chi connectivity index (χ3v) is 11.5. The molecule has 0 aliphatic heterocycles. The molecule has 0 fully saturated rings. The first-order chi connectivity index (χ1) is 33.5. The first-order valence-corrected chi connectivity index (χ1v) is 27.9. The van der Waals surface area contributed by atoms with E-state index in [1.165, 1.54) is 109 Å². The predicted octanol–water partition coefficient (Wildman–Crippen LogP) is 18.7. The van der Waals surface area contributed by atoms with Crippen molar-refractivity contribution in [3.8, 4) is 0 Å². The highest BCUT2D eigenvalue weighted by Gasteiger charge is 2.19. The van der Waals surface area contributed by atoms with Gasteiger partial charge in [-0.05, 0) is 103 Å². The summed E-state index contributed by atoms with van der Waals surface area (Å²) in [6.07, 6.45) is 75.1. The molecule has 0 bridgehead atoms. The Morgan fingerprint density at radius 3 is 0.941 bits per heavy atom. The van der Waals surface area contributed by atoms with Gasteiger partial charge in [0.15, 0.2) is 6.10 Å². The molecule has 0 aromatic carbocycles. The van der Waals surface area contributed by atoms with E-state index in [0.29, 0.717) is 19.3 Å². The van der Waals surface area contributed by atoms with Gasteiger partial charge < -0.3 is 14.2 Å². The zero-order chi connectivity index (χ0) is 49.3. The molecule has 0 unspecified atom stereocenters. The number of hydrogen-bond donors (Lipinski definition) is 0. The Morgan fingerprint density at radius 2 is 0.559 bits per heavy atom. The zero-order valence-electron chi connectivity index (χ0n) is 44.1. The van der Waals surface area contributed by atoms with E-state index < -0.39 is 6.10 Å². The van der Waals surface area contributed by atoms with E-state index in [0.717, 1.165) is 83.5 Å². The molecule has 6 heteroatoms. The van der Waals surface area contributed by atoms with E-state index in [2.05, 4.69) is 124 Å². The fourth-order valence-electron chi connectivity index (χ4n) is 7.29. The van der Waals surface area contributed by atoms with Crippen molar-refractivity contribution in [2.24, 2.45) is 0 Å². The van der Waals surface area contributed by atoms with Crippen molar-refractivity contribution in [3.05, 3.63) is 109 Å². The van der Waals surface area contributed by atoms with Crippen LogP contribution in [0.15, 0.2) is 109 Å². The molecule has 0 aromatic heterocycles. The number of carbonyl (C=O) groups excluding carboxylic acids is 3. The fraction of sp³-hybridized carbons (Fsp3) is 0.661. The lowest BCUT2D eigenvalue weighted by Gasteiger charge is -2.18. The number of esters is 3. The molecule has 0 heterocycles. The van der Waals surface area contributed by atoms with Crippen molar-refractivity contribution >= 4 is 17.9 Å². The Balaban J connectivity index is 4.55. The van der Waals surface area contributed by atoms with Crippen molar-refractivity contribution < 1.29 is 28.6 Å². The van der Waals surface area contributed by atoms with E-state index in [1.807, 2.05) is 6.08 Å². The van der Waals surface area contributed by atoms with Gasteiger partial charge in [0.2, 0.25) is 0 Å². The maximum atomic E-state index is 12.8. The second kappa shape index (κ2) is 55.7. The molecule has 6 nitrogen and oxygen atoms in total. The van der Waals surface area contributed by atoms with E-state index in [4.69, 9.17) is 14.2 Å². The predicted molar refractivity (Wildman–Crippen MR) is 293 cm³/mol. The van der Waals surface area contributed by atoms with Crippen LogP contribution >= 0.6 is 0 Å². The van der Waals surface area contributed by atoms with Gasteiger partial charge in [-0.25, -0.2) is 0 Å². The molecule has 0 aliphatic carbocycles. The van der Waals surface area contributed by atoms with Gasteiger partial charge in [-0.15, -0.1) is 0 Å². The summed E-state index contributed by atoms with van der Waals surface area (Å²) in [5.74, 6) is -1.03. The van der Waals surface area contributed by atoms with E-state index in [-0.39, 0.29) is 44.0 Å². The molecular formula is C62H102O6. The normalized spacial score (nSPS) is 12.9. The fourth-order valence-corrected chi connectivity index (χ4v) is 7.29. The topological polar surface area (TPSA) is 78.9 Å². The van der Waals surface area contributed by atoms with Crippen LogP contribution < -0.4 is 0 Å². The summed E-state index contributed by atoms with van der Waals surface area (Å²) in [7, 11) is 0. The third kappa shape index (κ3) is 53.0. The largest absolute Gasteiger partial charge is 0.462 e. The van der Waals surface area contributed by atoms with Gasteiger partial charge in [0.1, 0.15) is 13.2 Å². The highest BCUT2D eigenvalue weighted by atomic mass is 16.6. The molecule has 0 saturated heterocycles. The van der Waals surface area contributed by atoms with Gasteiger partial charge in [0, 0.05) is 19.3 Å². The minimum absolute atomic E-state index is 0.114. The lowest BCUT2D eigenvalue weighted by atomic mass is 10.0. The van der Waals surface area contributed by atoms with Crippen LogP contribution in [0, 0.1) is 0 Å². The number of hydrogen-bond acceptors (Lipinski definition) is 6. The zero-order valence-corrected chi connectivity index (χ0v) is 44.1. The van der Waals surface area contributed by atoms with Crippen LogP contribution in [0.2, 0.25) is 0 Å². The molecule has 0 spiro atoms. The van der Waals surface area contributed by atoms with Crippen LogP contribution in [0.3, 0.4) is 0 Å². The molecule has 0 amide bonds. The average molecular weight is 943 g/mol. The molecule has 0 aliphatic rings. The molecule has 0 rings (SSSR count). The van der Waals surface area contributed by atoms with Crippen LogP contribution in [-0.4, -0.2) is 37.2 Å². The lowest BCUT2D eigenvalue weighted by molar-refractivity contribution is -0.166. The molecule has 386 valence electrons. The third-order valence-electron chi connectivity index (χ3n) is 11.5. The number of ether oxygens (including phenoxy) is 3. The molecule has 0 saturated carbocycles. The van der Waals surface area contributed by atoms with Crippen molar-refractivity contribution in [1.82, 2.24) is 0 Å². The quantitative estimate of drug-likeness (QED) is 0.0262. The lowest BCUT2D eigenvalue weighted by Crippen LogP contribution is -2.30. The molecule has 0 radical (unpaired) electrons. The highest BCUT2D eigenvalue weighted by Crippen LogP contribution is 2.14. The minimum Gasteiger partial charge on any atom is -0.462 e. The Labute approximate surface area is 419 Å². The Kier molecular flexibility index (Phi) is 52.4. The van der Waals surface area contributed by atoms with Gasteiger partial charge in [-0.2, -0.15) is 0 Å². The second-order valence-electron chi connectivity index (χ2n) is 18.1. The van der Waals surface area contributed by atoms with Crippen LogP contribution in [0.1, 0.15) is 245 Å². The molecule has 68 heavy (non-hydrogen) atoms. The summed E-state index contributed by atoms with van der Waals surface area (Å²) in [5.41, 5.74) is 0. The maximum absolute atomic E-state index is 12.8. The molecule has 0 aromatic rings. The summed E-state index contributed by atoms with van der Waals surface area (Å²) in [5, 5.41) is 0. The van der Waals surface area contributed by atoms with Crippen LogP contribution in [-0.2, 0) is 28.6 Å². The van der Waals surface area contributed by atoms with Gasteiger partial charge in [0.25, 0.3) is 0 Å². The number of rotatable bonds is 49. The van der Waals surface area contributed by atoms with Crippen molar-refractivity contribution in [2.75, 3.05) is 13.2 Å². The summed E-state index contributed by atoms with van der Waals surface area (Å²) in [6, 6.07) is 0. The minimum atomic E-state index is -0.825. The number of carbonyl (C=O) groups is 3. The van der Waals surface area contributed by atoms with Crippen molar-refractivity contribution in [1.29, 1.82) is 0 Å². The first-order valence-electron chi connectivity index (χ1n) is 27.9. The number of allylic oxidation sites excluding steroid dienone is 18. The van der Waals surface area contributed by atoms with Gasteiger partial charge >= 0.3 is 17.9 Å². The molecule has 1 atom stereocenters. The molecular weight excluding hydrogens is 841 g/mol. The SMILES string of the molecule is CCCCC/C=C\C/C=C\C/C=C\C/C=C\C/C=C\CCC(=O)OC[C@H](COC(=O)CCCCCCCCCCCCCC)OC(=O)CCCCC/C=C\C/C=C\C/C=C\C/C=C\CCCCC. The monoisotopic (exact) mass is 943 g/mol. The standard InChI is InChI=1S/C62H102O6/c1-4-7-10-13-16-19-22-25-27-29-31-33-35-37-40-43-46-49-52-55-61(64)67-58-59(57-66-60(63)54-51-48-45-42-39-24-21-18-15-12-9-6-3)68-62(65)56-53-50-47-44-41-38-36-34-32-30-28-26-23-20-17-14-11-8-5-2/h16-17,19-20,25-28,31-34,37-38,40-41,46,49,59H,4-15,18,21-24,29-30,35-36,39,42-45,47-48,50-58H2,1-3H3/b19-16-,20-17-,27-25-,28-26-,33-31-,34-32-,40-37-,41-38-,49-46-/t59-/m0/s1. The summed E-state index contributed by atoms with van der Waals surface area (Å²) in [6.45, 7) is 6.48. The first kappa shape index (κ1) is 64.1. The van der Waals surface area contributed by atoms with Crippen LogP contribution in [0.4, 0.5) is 0 Å². The highest BCUT2D eigenvalue weighted by molar-refractivity contribution is 5.71. The van der Waals surface area contributed by atoms with Gasteiger partial charge in [0.05, 0.1) is 0 Å². The number of unbranched alkanes of at least 4 members (excludes halogenated alkanes) is 20. The molecule has 0 N–H and O–H groups in total. The van der Waals surface area contributed by atoms with E-state index >= 15 is 0 Å². The summed E-state index contributed by atoms with van der Waals surface area (Å²) < 4.78 is 16.7. The smallest absolute Gasteiger partial charge is 0.306 e. The van der Waals surface area contributed by atoms with Gasteiger partial charge in [-0.3, -0.25) is 14.4 Å². The van der Waals surface area contributed by atoms with Crippen LogP contribution in [0.25, 0.3) is 0 Å². The van der Waals surface area contributed by atoms with Crippen molar-refractivity contribution in [2.45, 2.75) is 252 Å². The second-order valence-corrected chi connectivity index (χ2v) is 18.1.